The number of carbonyl (C=O) groups is 2. The second-order valence-electron chi connectivity index (χ2n) is 8.39. The van der Waals surface area contributed by atoms with Crippen LogP contribution in [0.3, 0.4) is 0 Å². The molecule has 0 aliphatic heterocycles. The van der Waals surface area contributed by atoms with E-state index in [1.165, 1.54) is 11.0 Å². The van der Waals surface area contributed by atoms with Crippen molar-refractivity contribution >= 4 is 34.4 Å². The lowest BCUT2D eigenvalue weighted by Crippen LogP contribution is -2.54. The number of nitrogens with zero attached hydrogens (tertiary/aromatic N) is 1. The molecule has 7 nitrogen and oxygen atoms in total. The molecule has 0 radical (unpaired) electrons. The maximum absolute atomic E-state index is 14.5. The molecule has 9 heteroatoms. The highest BCUT2D eigenvalue weighted by Crippen LogP contribution is 2.31. The highest BCUT2D eigenvalue weighted by Gasteiger charge is 2.40. The Balaban J connectivity index is 1.98. The molecule has 3 atom stereocenters. The second-order valence-corrected chi connectivity index (χ2v) is 9.55. The fraction of sp³-hybridized carbons (Fsp3) is 0.333. The summed E-state index contributed by atoms with van der Waals surface area (Å²) in [5.74, 6) is -0.672. The highest BCUT2D eigenvalue weighted by molar-refractivity contribution is 14.1. The number of carbonyl (C=O) groups excluding carboxylic acids is 2. The van der Waals surface area contributed by atoms with Crippen LogP contribution in [0.5, 0.6) is 5.75 Å². The third kappa shape index (κ3) is 7.14. The summed E-state index contributed by atoms with van der Waals surface area (Å²) in [7, 11) is 0. The average Bonchev–Trinajstić information content (AvgIpc) is 2.88. The SMILES string of the molecule is C=CCCC(=O)N(Cc1ccccc1F)C1CC(C(=O)NCCO)=CC(Oc2ccccc2I)C1O. The van der Waals surface area contributed by atoms with Crippen molar-refractivity contribution < 1.29 is 28.9 Å². The predicted octanol–water partition coefficient (Wildman–Crippen LogP) is 3.34. The van der Waals surface area contributed by atoms with Crippen molar-refractivity contribution in [1.82, 2.24) is 10.2 Å². The van der Waals surface area contributed by atoms with Crippen molar-refractivity contribution in [3.63, 3.8) is 0 Å². The molecule has 0 heterocycles. The van der Waals surface area contributed by atoms with Crippen LogP contribution in [0.2, 0.25) is 0 Å². The molecule has 192 valence electrons. The number of amides is 2. The molecule has 2 aromatic carbocycles. The topological polar surface area (TPSA) is 99.1 Å². The molecular weight excluding hydrogens is 578 g/mol. The first-order chi connectivity index (χ1) is 17.3. The van der Waals surface area contributed by atoms with Crippen LogP contribution in [-0.2, 0) is 16.1 Å². The van der Waals surface area contributed by atoms with Crippen molar-refractivity contribution in [3.8, 4) is 5.75 Å². The maximum atomic E-state index is 14.5. The zero-order valence-electron chi connectivity index (χ0n) is 19.8. The number of rotatable bonds is 11. The summed E-state index contributed by atoms with van der Waals surface area (Å²) in [5.41, 5.74) is 0.609. The Morgan fingerprint density at radius 1 is 1.22 bits per heavy atom. The summed E-state index contributed by atoms with van der Waals surface area (Å²) in [6.07, 6.45) is 1.62. The molecule has 0 spiro atoms. The molecule has 0 saturated heterocycles. The number of aliphatic hydroxyl groups excluding tert-OH is 2. The van der Waals surface area contributed by atoms with Crippen molar-refractivity contribution in [2.75, 3.05) is 13.2 Å². The second kappa shape index (κ2) is 13.5. The van der Waals surface area contributed by atoms with Gasteiger partial charge in [0.05, 0.1) is 16.2 Å². The lowest BCUT2D eigenvalue weighted by molar-refractivity contribution is -0.139. The van der Waals surface area contributed by atoms with Gasteiger partial charge in [-0.1, -0.05) is 36.4 Å². The van der Waals surface area contributed by atoms with Gasteiger partial charge in [0.2, 0.25) is 11.8 Å². The molecule has 36 heavy (non-hydrogen) atoms. The zero-order valence-corrected chi connectivity index (χ0v) is 21.9. The number of ether oxygens (including phenoxy) is 1. The van der Waals surface area contributed by atoms with Crippen molar-refractivity contribution in [1.29, 1.82) is 0 Å². The van der Waals surface area contributed by atoms with Crippen LogP contribution in [-0.4, -0.2) is 58.3 Å². The largest absolute Gasteiger partial charge is 0.482 e. The zero-order chi connectivity index (χ0) is 26.1. The third-order valence-electron chi connectivity index (χ3n) is 5.90. The Hall–Kier alpha value is -2.76. The van der Waals surface area contributed by atoms with Gasteiger partial charge in [-0.25, -0.2) is 4.39 Å². The van der Waals surface area contributed by atoms with Crippen LogP contribution in [0, 0.1) is 9.39 Å². The van der Waals surface area contributed by atoms with Gasteiger partial charge in [0.1, 0.15) is 23.8 Å². The first-order valence-corrected chi connectivity index (χ1v) is 12.8. The molecule has 3 N–H and O–H groups in total. The molecule has 3 unspecified atom stereocenters. The number of hydrogen-bond donors (Lipinski definition) is 3. The van der Waals surface area contributed by atoms with E-state index in [0.717, 1.165) is 3.57 Å². The van der Waals surface area contributed by atoms with E-state index in [0.29, 0.717) is 23.3 Å². The fourth-order valence-corrected chi connectivity index (χ4v) is 4.55. The predicted molar refractivity (Wildman–Crippen MR) is 143 cm³/mol. The first-order valence-electron chi connectivity index (χ1n) is 11.7. The summed E-state index contributed by atoms with van der Waals surface area (Å²) < 4.78 is 21.5. The van der Waals surface area contributed by atoms with Crippen LogP contribution in [0.1, 0.15) is 24.8 Å². The summed E-state index contributed by atoms with van der Waals surface area (Å²) in [5, 5.41) is 23.1. The van der Waals surface area contributed by atoms with Gasteiger partial charge >= 0.3 is 0 Å². The average molecular weight is 608 g/mol. The normalized spacial score (nSPS) is 19.2. The minimum absolute atomic E-state index is 0.0401. The van der Waals surface area contributed by atoms with Crippen molar-refractivity contribution in [2.45, 2.75) is 44.1 Å². The molecule has 0 fully saturated rings. The van der Waals surface area contributed by atoms with Gasteiger partial charge in [0.15, 0.2) is 0 Å². The van der Waals surface area contributed by atoms with Crippen LogP contribution in [0.15, 0.2) is 72.8 Å². The van der Waals surface area contributed by atoms with E-state index in [2.05, 4.69) is 34.5 Å². The molecule has 3 rings (SSSR count). The number of nitrogens with one attached hydrogen (secondary N) is 1. The van der Waals surface area contributed by atoms with Gasteiger partial charge in [-0.3, -0.25) is 9.59 Å². The standard InChI is InChI=1S/C27H30FIN2O5/c1-2-3-12-25(33)31(17-18-8-4-5-9-20(18)28)22-15-19(27(35)30-13-14-32)16-24(26(22)34)36-23-11-7-6-10-21(23)29/h2,4-11,16,22,24,26,32,34H,1,3,12-15,17H2,(H,30,35). The number of para-hydroxylation sites is 1. The fourth-order valence-electron chi connectivity index (χ4n) is 4.04. The van der Waals surface area contributed by atoms with Gasteiger partial charge in [-0.2, -0.15) is 0 Å². The summed E-state index contributed by atoms with van der Waals surface area (Å²) >= 11 is 2.11. The molecule has 1 aliphatic rings. The quantitative estimate of drug-likeness (QED) is 0.269. The molecular formula is C27H30FIN2O5. The lowest BCUT2D eigenvalue weighted by atomic mass is 9.87. The Morgan fingerprint density at radius 2 is 1.94 bits per heavy atom. The van der Waals surface area contributed by atoms with E-state index in [1.54, 1.807) is 42.5 Å². The van der Waals surface area contributed by atoms with Gasteiger partial charge in [-0.15, -0.1) is 6.58 Å². The van der Waals surface area contributed by atoms with Crippen LogP contribution in [0.25, 0.3) is 0 Å². The van der Waals surface area contributed by atoms with E-state index < -0.39 is 30.0 Å². The maximum Gasteiger partial charge on any atom is 0.247 e. The Morgan fingerprint density at radius 3 is 2.64 bits per heavy atom. The van der Waals surface area contributed by atoms with E-state index in [1.807, 2.05) is 12.1 Å². The van der Waals surface area contributed by atoms with Gasteiger partial charge in [0.25, 0.3) is 0 Å². The Labute approximate surface area is 223 Å². The van der Waals surface area contributed by atoms with Crippen molar-refractivity contribution in [2.24, 2.45) is 0 Å². The van der Waals surface area contributed by atoms with E-state index >= 15 is 0 Å². The number of allylic oxidation sites excluding steroid dienone is 1. The van der Waals surface area contributed by atoms with Gasteiger partial charge in [0, 0.05) is 37.1 Å². The van der Waals surface area contributed by atoms with Gasteiger partial charge < -0.3 is 25.2 Å². The molecule has 1 aliphatic carbocycles. The molecule has 0 bridgehead atoms. The van der Waals surface area contributed by atoms with Crippen LogP contribution >= 0.6 is 22.6 Å². The minimum atomic E-state index is -1.19. The molecule has 2 aromatic rings. The number of halogens is 2. The summed E-state index contributed by atoms with van der Waals surface area (Å²) in [6, 6.07) is 12.6. The van der Waals surface area contributed by atoms with Crippen LogP contribution in [0.4, 0.5) is 4.39 Å². The third-order valence-corrected chi connectivity index (χ3v) is 6.79. The van der Waals surface area contributed by atoms with E-state index in [9.17, 15) is 19.1 Å². The van der Waals surface area contributed by atoms with E-state index in [4.69, 9.17) is 9.84 Å². The molecule has 2 amide bonds. The van der Waals surface area contributed by atoms with Gasteiger partial charge in [-0.05, 0) is 53.3 Å². The number of hydrogen-bond acceptors (Lipinski definition) is 5. The molecule has 0 saturated carbocycles. The lowest BCUT2D eigenvalue weighted by Gasteiger charge is -2.40. The van der Waals surface area contributed by atoms with Crippen molar-refractivity contribution in [3.05, 3.63) is 87.8 Å². The minimum Gasteiger partial charge on any atom is -0.482 e. The number of benzene rings is 2. The smallest absolute Gasteiger partial charge is 0.247 e. The Kier molecular flexibility index (Phi) is 10.4. The Bertz CT molecular complexity index is 1110. The van der Waals surface area contributed by atoms with Crippen LogP contribution < -0.4 is 10.1 Å². The molecule has 0 aromatic heterocycles. The number of aliphatic hydroxyl groups is 2. The monoisotopic (exact) mass is 608 g/mol. The summed E-state index contributed by atoms with van der Waals surface area (Å²) in [6.45, 7) is 3.42. The van der Waals surface area contributed by atoms with E-state index in [-0.39, 0.29) is 38.4 Å². The first kappa shape index (κ1) is 27.8. The summed E-state index contributed by atoms with van der Waals surface area (Å²) in [4.78, 5) is 27.5. The highest BCUT2D eigenvalue weighted by atomic mass is 127.